The molecule has 0 atom stereocenters. The first kappa shape index (κ1) is 15.9. The number of hydrogen-bond acceptors (Lipinski definition) is 2. The van der Waals surface area contributed by atoms with Gasteiger partial charge in [0.05, 0.1) is 5.60 Å². The normalized spacial score (nSPS) is 16.3. The Morgan fingerprint density at radius 2 is 1.65 bits per heavy atom. The maximum Gasteiger partial charge on any atom is 0.493 e. The summed E-state index contributed by atoms with van der Waals surface area (Å²) >= 11 is 5.95. The Morgan fingerprint density at radius 3 is 2.30 bits per heavy atom. The third-order valence-corrected chi connectivity index (χ3v) is 4.04. The number of benzene rings is 2. The second kappa shape index (κ2) is 6.25. The monoisotopic (exact) mass is 322 g/mol. The minimum Gasteiger partial charge on any atom is -0.423 e. The molecule has 3 rings (SSSR count). The van der Waals surface area contributed by atoms with E-state index < -0.39 is 12.7 Å². The topological polar surface area (TPSA) is 29.5 Å². The molecule has 1 N–H and O–H groups in total. The quantitative estimate of drug-likeness (QED) is 0.636. The summed E-state index contributed by atoms with van der Waals surface area (Å²) in [4.78, 5) is 0. The highest BCUT2D eigenvalue weighted by molar-refractivity contribution is 6.69. The molecule has 0 radical (unpaired) electrons. The van der Waals surface area contributed by atoms with Crippen LogP contribution in [0, 0.1) is 11.8 Å². The van der Waals surface area contributed by atoms with Gasteiger partial charge in [0.1, 0.15) is 0 Å². The molecule has 2 aromatic rings. The van der Waals surface area contributed by atoms with Gasteiger partial charge in [0.15, 0.2) is 0 Å². The van der Waals surface area contributed by atoms with Crippen molar-refractivity contribution < 1.29 is 9.68 Å². The lowest BCUT2D eigenvalue weighted by molar-refractivity contribution is 0.141. The van der Waals surface area contributed by atoms with E-state index in [1.54, 1.807) is 12.1 Å². The van der Waals surface area contributed by atoms with Crippen LogP contribution in [0.5, 0.6) is 0 Å². The molecule has 0 bridgehead atoms. The highest BCUT2D eigenvalue weighted by atomic mass is 35.5. The molecule has 1 aliphatic heterocycles. The van der Waals surface area contributed by atoms with E-state index in [9.17, 15) is 5.02 Å². The molecule has 0 fully saturated rings. The summed E-state index contributed by atoms with van der Waals surface area (Å²) in [5, 5.41) is 11.0. The molecular formula is C19H16BClO2. The molecule has 1 aliphatic rings. The van der Waals surface area contributed by atoms with Gasteiger partial charge in [-0.05, 0) is 43.7 Å². The molecule has 0 spiro atoms. The van der Waals surface area contributed by atoms with Crippen molar-refractivity contribution in [3.63, 3.8) is 0 Å². The van der Waals surface area contributed by atoms with Crippen LogP contribution in [0.25, 0.3) is 5.47 Å². The molecule has 2 nitrogen and oxygen atoms in total. The molecule has 2 aromatic carbocycles. The zero-order valence-corrected chi connectivity index (χ0v) is 13.8. The van der Waals surface area contributed by atoms with Gasteiger partial charge in [-0.3, -0.25) is 0 Å². The first-order valence-corrected chi connectivity index (χ1v) is 7.79. The van der Waals surface area contributed by atoms with E-state index in [1.165, 1.54) is 0 Å². The minimum absolute atomic E-state index is 0.643. The van der Waals surface area contributed by atoms with Crippen LogP contribution >= 0.6 is 11.6 Å². The lowest BCUT2D eigenvalue weighted by atomic mass is 9.73. The minimum atomic E-state index is -0.994. The van der Waals surface area contributed by atoms with Crippen molar-refractivity contribution in [1.29, 1.82) is 0 Å². The van der Waals surface area contributed by atoms with Crippen molar-refractivity contribution in [1.82, 2.24) is 0 Å². The van der Waals surface area contributed by atoms with Gasteiger partial charge in [-0.1, -0.05) is 53.8 Å². The van der Waals surface area contributed by atoms with Crippen LogP contribution in [-0.2, 0) is 4.65 Å². The van der Waals surface area contributed by atoms with Gasteiger partial charge in [-0.15, -0.1) is 0 Å². The fourth-order valence-corrected chi connectivity index (χ4v) is 2.76. The van der Waals surface area contributed by atoms with E-state index in [2.05, 4.69) is 11.8 Å². The van der Waals surface area contributed by atoms with Gasteiger partial charge in [-0.25, -0.2) is 0 Å². The molecular weight excluding hydrogens is 306 g/mol. The average molecular weight is 323 g/mol. The van der Waals surface area contributed by atoms with Crippen molar-refractivity contribution in [2.45, 2.75) is 19.4 Å². The molecule has 0 aliphatic carbocycles. The van der Waals surface area contributed by atoms with Crippen LogP contribution in [0.3, 0.4) is 0 Å². The van der Waals surface area contributed by atoms with Crippen LogP contribution in [0.2, 0.25) is 5.02 Å². The fourth-order valence-electron chi connectivity index (χ4n) is 2.64. The number of halogens is 1. The predicted molar refractivity (Wildman–Crippen MR) is 94.8 cm³/mol. The van der Waals surface area contributed by atoms with E-state index in [0.29, 0.717) is 10.5 Å². The molecule has 23 heavy (non-hydrogen) atoms. The lowest BCUT2D eigenvalue weighted by Crippen LogP contribution is -2.26. The van der Waals surface area contributed by atoms with Crippen molar-refractivity contribution in [3.8, 4) is 11.8 Å². The summed E-state index contributed by atoms with van der Waals surface area (Å²) in [6, 6.07) is 17.1. The Labute approximate surface area is 141 Å². The first-order valence-electron chi connectivity index (χ1n) is 7.41. The maximum absolute atomic E-state index is 10.3. The van der Waals surface area contributed by atoms with Gasteiger partial charge < -0.3 is 9.68 Å². The van der Waals surface area contributed by atoms with E-state index in [4.69, 9.17) is 16.3 Å². The van der Waals surface area contributed by atoms with Crippen LogP contribution in [0.4, 0.5) is 0 Å². The van der Waals surface area contributed by atoms with Gasteiger partial charge in [-0.2, -0.15) is 0 Å². The van der Waals surface area contributed by atoms with E-state index in [1.807, 2.05) is 56.3 Å². The van der Waals surface area contributed by atoms with Crippen molar-refractivity contribution in [3.05, 3.63) is 76.3 Å². The average Bonchev–Trinajstić information content (AvgIpc) is 2.75. The predicted octanol–water partition coefficient (Wildman–Crippen LogP) is 3.97. The zero-order valence-electron chi connectivity index (χ0n) is 13.0. The number of rotatable bonds is 1. The maximum atomic E-state index is 10.3. The molecule has 0 saturated carbocycles. The van der Waals surface area contributed by atoms with Crippen LogP contribution in [0.1, 0.15) is 25.0 Å². The number of hydrogen-bond donors (Lipinski definition) is 1. The highest BCUT2D eigenvalue weighted by Gasteiger charge is 2.42. The molecule has 0 saturated heterocycles. The Morgan fingerprint density at radius 1 is 1.00 bits per heavy atom. The summed E-state index contributed by atoms with van der Waals surface area (Å²) in [5.74, 6) is 6.34. The second-order valence-electron chi connectivity index (χ2n) is 5.89. The SMILES string of the molecule is CC1(C)OB(O)C(c2ccc(Cl)cc2)=C1C#Cc1ccccc1. The first-order chi connectivity index (χ1) is 11.0. The smallest absolute Gasteiger partial charge is 0.423 e. The van der Waals surface area contributed by atoms with Crippen molar-refractivity contribution >= 4 is 24.2 Å². The third kappa shape index (κ3) is 3.35. The fraction of sp³-hybridized carbons (Fsp3) is 0.158. The summed E-state index contributed by atoms with van der Waals surface area (Å²) in [6.45, 7) is 3.82. The van der Waals surface area contributed by atoms with Crippen molar-refractivity contribution in [2.75, 3.05) is 0 Å². The third-order valence-electron chi connectivity index (χ3n) is 3.79. The van der Waals surface area contributed by atoms with Gasteiger partial charge in [0.25, 0.3) is 0 Å². The lowest BCUT2D eigenvalue weighted by Gasteiger charge is -2.19. The van der Waals surface area contributed by atoms with Gasteiger partial charge in [0.2, 0.25) is 0 Å². The Balaban J connectivity index is 2.10. The second-order valence-corrected chi connectivity index (χ2v) is 6.33. The molecule has 4 heteroatoms. The molecule has 0 aromatic heterocycles. The van der Waals surface area contributed by atoms with Gasteiger partial charge in [0, 0.05) is 21.6 Å². The van der Waals surface area contributed by atoms with Gasteiger partial charge >= 0.3 is 7.12 Å². The molecule has 0 amide bonds. The molecule has 0 unspecified atom stereocenters. The van der Waals surface area contributed by atoms with E-state index >= 15 is 0 Å². The summed E-state index contributed by atoms with van der Waals surface area (Å²) in [5.41, 5.74) is 2.64. The van der Waals surface area contributed by atoms with Crippen molar-refractivity contribution in [2.24, 2.45) is 0 Å². The van der Waals surface area contributed by atoms with Crippen LogP contribution in [-0.4, -0.2) is 17.7 Å². The highest BCUT2D eigenvalue weighted by Crippen LogP contribution is 2.38. The Hall–Kier alpha value is -1.99. The standard InChI is InChI=1S/C19H16BClO2/c1-19(2)17(13-8-14-6-4-3-5-7-14)18(20(22)23-19)15-9-11-16(21)12-10-15/h3-7,9-12,22H,1-2H3. The largest absolute Gasteiger partial charge is 0.493 e. The summed E-state index contributed by atoms with van der Waals surface area (Å²) in [7, 11) is -0.994. The molecule has 1 heterocycles. The molecule has 114 valence electrons. The van der Waals surface area contributed by atoms with E-state index in [0.717, 1.165) is 16.7 Å². The summed E-state index contributed by atoms with van der Waals surface area (Å²) < 4.78 is 5.69. The zero-order chi connectivity index (χ0) is 16.4. The Bertz CT molecular complexity index is 799. The Kier molecular flexibility index (Phi) is 4.32. The van der Waals surface area contributed by atoms with Crippen LogP contribution in [0.15, 0.2) is 60.2 Å². The van der Waals surface area contributed by atoms with Crippen LogP contribution < -0.4 is 0 Å². The summed E-state index contributed by atoms with van der Waals surface area (Å²) in [6.07, 6.45) is 0. The van der Waals surface area contributed by atoms with E-state index in [-0.39, 0.29) is 0 Å².